The Labute approximate surface area is 231 Å². The van der Waals surface area contributed by atoms with Gasteiger partial charge in [-0.25, -0.2) is 14.6 Å². The third kappa shape index (κ3) is 5.07. The predicted molar refractivity (Wildman–Crippen MR) is 148 cm³/mol. The van der Waals surface area contributed by atoms with Gasteiger partial charge in [-0.05, 0) is 31.5 Å². The largest absolute Gasteiger partial charge is 0.493 e. The number of esters is 2. The molecule has 0 saturated heterocycles. The Balaban J connectivity index is 1.88. The van der Waals surface area contributed by atoms with Crippen LogP contribution in [0.3, 0.4) is 0 Å². The molecule has 0 bridgehead atoms. The molecular weight excluding hydrogens is 520 g/mol. The molecule has 3 aromatic rings. The second kappa shape index (κ2) is 11.6. The zero-order chi connectivity index (χ0) is 28.3. The molecule has 0 atom stereocenters. The van der Waals surface area contributed by atoms with Crippen molar-refractivity contribution in [3.63, 3.8) is 0 Å². The van der Waals surface area contributed by atoms with Crippen LogP contribution in [0.1, 0.15) is 25.3 Å². The fourth-order valence-corrected chi connectivity index (χ4v) is 5.64. The number of aromatic nitrogens is 1. The van der Waals surface area contributed by atoms with Crippen LogP contribution in [0.15, 0.2) is 64.3 Å². The van der Waals surface area contributed by atoms with Crippen molar-refractivity contribution in [3.05, 3.63) is 69.9 Å². The fourth-order valence-electron chi connectivity index (χ4n) is 4.77. The highest BCUT2D eigenvalue weighted by molar-refractivity contribution is 7.13. The normalized spacial score (nSPS) is 13.6. The highest BCUT2D eigenvalue weighted by atomic mass is 32.1. The molecule has 1 aliphatic rings. The van der Waals surface area contributed by atoms with E-state index in [1.807, 2.05) is 41.8 Å². The van der Waals surface area contributed by atoms with Crippen LogP contribution < -0.4 is 19.5 Å². The number of ether oxygens (including phenoxy) is 5. The fraction of sp³-hybridized carbons (Fsp3) is 0.276. The Kier molecular flexibility index (Phi) is 8.25. The van der Waals surface area contributed by atoms with Crippen LogP contribution in [-0.2, 0) is 19.1 Å². The Morgan fingerprint density at radius 2 is 1.41 bits per heavy atom. The number of hydrogen-bond acceptors (Lipinski definition) is 10. The lowest BCUT2D eigenvalue weighted by Crippen LogP contribution is -2.32. The number of carbonyl (C=O) groups excluding carboxylic acids is 2. The van der Waals surface area contributed by atoms with E-state index in [-0.39, 0.29) is 0 Å². The number of nitrogens with zero attached hydrogens (tertiary/aromatic N) is 1. The summed E-state index contributed by atoms with van der Waals surface area (Å²) in [7, 11) is 7.31. The number of thiazole rings is 1. The van der Waals surface area contributed by atoms with Crippen molar-refractivity contribution >= 4 is 23.3 Å². The number of methoxy groups -OCH3 is 5. The van der Waals surface area contributed by atoms with Crippen molar-refractivity contribution in [2.75, 3.05) is 35.5 Å². The zero-order valence-electron chi connectivity index (χ0n) is 22.8. The number of carbonyl (C=O) groups is 2. The van der Waals surface area contributed by atoms with Gasteiger partial charge in [-0.15, -0.1) is 11.3 Å². The maximum absolute atomic E-state index is 13.0. The molecule has 204 valence electrons. The van der Waals surface area contributed by atoms with Crippen molar-refractivity contribution in [1.82, 2.24) is 10.3 Å². The van der Waals surface area contributed by atoms with Gasteiger partial charge in [0.25, 0.3) is 0 Å². The molecule has 0 unspecified atom stereocenters. The third-order valence-corrected chi connectivity index (χ3v) is 7.41. The molecule has 4 rings (SSSR count). The van der Waals surface area contributed by atoms with Crippen LogP contribution in [0, 0.1) is 0 Å². The summed E-state index contributed by atoms with van der Waals surface area (Å²) in [5, 5.41) is 5.77. The molecule has 1 aliphatic heterocycles. The first-order valence-corrected chi connectivity index (χ1v) is 12.9. The number of benzene rings is 2. The molecule has 0 amide bonds. The standard InChI is InChI=1S/C29H30N2O7S/c1-15-23(28(32)37-6)25(24(16(2)30-15)29(33)38-7)18-10-8-9-11-19(18)27-31-20(14-39-27)17-12-21(34-3)26(36-5)22(13-17)35-4/h8-14,25,30H,1-7H3. The SMILES string of the molecule is COC(=O)C1=C(C)NC(C)=C(C(=O)OC)C1c1ccccc1-c1nc(-c2cc(OC)c(OC)c(OC)c2)cs1. The Hall–Kier alpha value is -4.31. The minimum absolute atomic E-state index is 0.331. The van der Waals surface area contributed by atoms with Gasteiger partial charge in [-0.1, -0.05) is 24.3 Å². The number of allylic oxidation sites excluding steroid dienone is 2. The Bertz CT molecular complexity index is 1430. The van der Waals surface area contributed by atoms with Crippen LogP contribution in [0.2, 0.25) is 0 Å². The molecule has 0 aliphatic carbocycles. The summed E-state index contributed by atoms with van der Waals surface area (Å²) in [6, 6.07) is 11.2. The Morgan fingerprint density at radius 3 is 1.92 bits per heavy atom. The van der Waals surface area contributed by atoms with E-state index >= 15 is 0 Å². The van der Waals surface area contributed by atoms with E-state index in [2.05, 4.69) is 5.32 Å². The van der Waals surface area contributed by atoms with Crippen LogP contribution in [0.4, 0.5) is 0 Å². The minimum Gasteiger partial charge on any atom is -0.493 e. The van der Waals surface area contributed by atoms with Crippen LogP contribution in [0.5, 0.6) is 17.2 Å². The number of nitrogens with one attached hydrogen (secondary N) is 1. The molecule has 1 N–H and O–H groups in total. The van der Waals surface area contributed by atoms with E-state index in [1.165, 1.54) is 25.6 Å². The first-order valence-electron chi connectivity index (χ1n) is 12.0. The lowest BCUT2D eigenvalue weighted by molar-refractivity contribution is -0.137. The van der Waals surface area contributed by atoms with Crippen molar-refractivity contribution in [3.8, 4) is 39.1 Å². The lowest BCUT2D eigenvalue weighted by atomic mass is 9.78. The molecule has 0 saturated carbocycles. The van der Waals surface area contributed by atoms with Gasteiger partial charge >= 0.3 is 11.9 Å². The summed E-state index contributed by atoms with van der Waals surface area (Å²) in [5.41, 5.74) is 4.85. The number of dihydropyridines is 1. The maximum atomic E-state index is 13.0. The van der Waals surface area contributed by atoms with Crippen LogP contribution in [-0.4, -0.2) is 52.5 Å². The van der Waals surface area contributed by atoms with Crippen molar-refractivity contribution in [2.24, 2.45) is 0 Å². The van der Waals surface area contributed by atoms with Gasteiger partial charge in [0, 0.05) is 27.9 Å². The van der Waals surface area contributed by atoms with Gasteiger partial charge in [-0.3, -0.25) is 0 Å². The maximum Gasteiger partial charge on any atom is 0.336 e. The smallest absolute Gasteiger partial charge is 0.336 e. The van der Waals surface area contributed by atoms with E-state index in [4.69, 9.17) is 28.7 Å². The van der Waals surface area contributed by atoms with Crippen molar-refractivity contribution < 1.29 is 33.3 Å². The molecule has 2 heterocycles. The highest BCUT2D eigenvalue weighted by Gasteiger charge is 2.39. The molecule has 1 aromatic heterocycles. The molecule has 2 aromatic carbocycles. The molecule has 0 spiro atoms. The minimum atomic E-state index is -0.726. The van der Waals surface area contributed by atoms with Gasteiger partial charge in [0.1, 0.15) is 5.01 Å². The lowest BCUT2D eigenvalue weighted by Gasteiger charge is -2.31. The van der Waals surface area contributed by atoms with E-state index in [0.29, 0.717) is 50.5 Å². The average molecular weight is 551 g/mol. The average Bonchev–Trinajstić information content (AvgIpc) is 3.45. The van der Waals surface area contributed by atoms with Gasteiger partial charge in [0.2, 0.25) is 5.75 Å². The molecule has 10 heteroatoms. The van der Waals surface area contributed by atoms with Gasteiger partial charge in [0.15, 0.2) is 11.5 Å². The summed E-state index contributed by atoms with van der Waals surface area (Å²) in [6.07, 6.45) is 0. The van der Waals surface area contributed by atoms with E-state index in [0.717, 1.165) is 16.7 Å². The summed E-state index contributed by atoms with van der Waals surface area (Å²) in [6.45, 7) is 3.57. The van der Waals surface area contributed by atoms with Crippen LogP contribution >= 0.6 is 11.3 Å². The topological polar surface area (TPSA) is 105 Å². The van der Waals surface area contributed by atoms with Gasteiger partial charge in [-0.2, -0.15) is 0 Å². The number of rotatable bonds is 8. The monoisotopic (exact) mass is 550 g/mol. The molecular formula is C29H30N2O7S. The van der Waals surface area contributed by atoms with Crippen molar-refractivity contribution in [2.45, 2.75) is 19.8 Å². The highest BCUT2D eigenvalue weighted by Crippen LogP contribution is 2.45. The van der Waals surface area contributed by atoms with E-state index in [9.17, 15) is 9.59 Å². The molecule has 9 nitrogen and oxygen atoms in total. The zero-order valence-corrected chi connectivity index (χ0v) is 23.6. The molecule has 0 fully saturated rings. The summed E-state index contributed by atoms with van der Waals surface area (Å²) >= 11 is 1.44. The summed E-state index contributed by atoms with van der Waals surface area (Å²) in [4.78, 5) is 30.9. The van der Waals surface area contributed by atoms with Gasteiger partial charge < -0.3 is 29.0 Å². The predicted octanol–water partition coefficient (Wildman–Crippen LogP) is 5.08. The van der Waals surface area contributed by atoms with Gasteiger partial charge in [0.05, 0.1) is 58.3 Å². The second-order valence-electron chi connectivity index (χ2n) is 8.66. The second-order valence-corrected chi connectivity index (χ2v) is 9.52. The quantitative estimate of drug-likeness (QED) is 0.384. The third-order valence-electron chi connectivity index (χ3n) is 6.54. The molecule has 39 heavy (non-hydrogen) atoms. The number of hydrogen-bond donors (Lipinski definition) is 1. The van der Waals surface area contributed by atoms with E-state index < -0.39 is 17.9 Å². The Morgan fingerprint density at radius 1 is 0.846 bits per heavy atom. The van der Waals surface area contributed by atoms with E-state index in [1.54, 1.807) is 35.2 Å². The summed E-state index contributed by atoms with van der Waals surface area (Å²) < 4.78 is 26.7. The molecule has 0 radical (unpaired) electrons. The van der Waals surface area contributed by atoms with Crippen LogP contribution in [0.25, 0.3) is 21.8 Å². The van der Waals surface area contributed by atoms with Crippen molar-refractivity contribution in [1.29, 1.82) is 0 Å². The first-order chi connectivity index (χ1) is 18.8. The summed E-state index contributed by atoms with van der Waals surface area (Å²) in [5.74, 6) is -0.274. The first kappa shape index (κ1) is 27.7.